The number of nitrogens with zero attached hydrogens (tertiary/aromatic N) is 3. The quantitative estimate of drug-likeness (QED) is 0.879. The Hall–Kier alpha value is -2.03. The molecule has 1 aromatic heterocycles. The minimum absolute atomic E-state index is 0.0667. The fraction of sp³-hybridized carbons (Fsp3) is 0.500. The van der Waals surface area contributed by atoms with Crippen LogP contribution in [0.5, 0.6) is 0 Å². The molecule has 26 heavy (non-hydrogen) atoms. The highest BCUT2D eigenvalue weighted by Crippen LogP contribution is 2.25. The predicted molar refractivity (Wildman–Crippen MR) is 100 cm³/mol. The molecule has 2 aliphatic heterocycles. The maximum Gasteiger partial charge on any atom is 0.251 e. The average molecular weight is 374 g/mol. The molecule has 7 nitrogen and oxygen atoms in total. The number of para-hydroxylation sites is 1. The molecule has 2 aliphatic rings. The third-order valence-electron chi connectivity index (χ3n) is 4.80. The van der Waals surface area contributed by atoms with Gasteiger partial charge >= 0.3 is 0 Å². The van der Waals surface area contributed by atoms with Crippen molar-refractivity contribution in [3.05, 3.63) is 24.3 Å². The van der Waals surface area contributed by atoms with Crippen LogP contribution in [-0.2, 0) is 14.3 Å². The second-order valence-electron chi connectivity index (χ2n) is 6.64. The number of fused-ring (bicyclic) bond motifs is 1. The van der Waals surface area contributed by atoms with E-state index in [1.165, 1.54) is 11.3 Å². The van der Waals surface area contributed by atoms with Crippen LogP contribution in [0.4, 0.5) is 5.13 Å². The molecule has 2 saturated heterocycles. The second kappa shape index (κ2) is 7.69. The molecular formula is C18H22N4O3S. The first-order valence-electron chi connectivity index (χ1n) is 8.97. The molecule has 2 amide bonds. The molecule has 138 valence electrons. The Morgan fingerprint density at radius 2 is 2.04 bits per heavy atom. The molecule has 2 aromatic rings. The zero-order chi connectivity index (χ0) is 17.9. The maximum absolute atomic E-state index is 12.4. The summed E-state index contributed by atoms with van der Waals surface area (Å²) in [5, 5.41) is 3.51. The van der Waals surface area contributed by atoms with Gasteiger partial charge in [-0.3, -0.25) is 14.5 Å². The predicted octanol–water partition coefficient (Wildman–Crippen LogP) is 1.56. The van der Waals surface area contributed by atoms with Crippen molar-refractivity contribution in [1.29, 1.82) is 0 Å². The van der Waals surface area contributed by atoms with Crippen molar-refractivity contribution in [2.24, 2.45) is 0 Å². The smallest absolute Gasteiger partial charge is 0.251 e. The zero-order valence-corrected chi connectivity index (χ0v) is 15.3. The van der Waals surface area contributed by atoms with Crippen LogP contribution in [0.25, 0.3) is 10.2 Å². The average Bonchev–Trinajstić information content (AvgIpc) is 3.31. The van der Waals surface area contributed by atoms with Crippen LogP contribution < -0.4 is 5.32 Å². The number of hydrogen-bond acceptors (Lipinski definition) is 6. The lowest BCUT2D eigenvalue weighted by Crippen LogP contribution is -2.52. The van der Waals surface area contributed by atoms with Crippen LogP contribution in [-0.4, -0.2) is 72.0 Å². The standard InChI is InChI=1S/C18H22N4O3S/c23-16(20-18-19-13-4-1-2-6-15(13)26-18)12-21-7-9-22(10-8-21)17(24)14-5-3-11-25-14/h1-2,4,6,14H,3,5,7-12H2,(H,19,20,23). The maximum atomic E-state index is 12.4. The fourth-order valence-corrected chi connectivity index (χ4v) is 4.27. The van der Waals surface area contributed by atoms with E-state index in [0.717, 1.165) is 23.1 Å². The molecule has 0 radical (unpaired) electrons. The summed E-state index contributed by atoms with van der Waals surface area (Å²) < 4.78 is 6.54. The monoisotopic (exact) mass is 374 g/mol. The van der Waals surface area contributed by atoms with Crippen LogP contribution in [0, 0.1) is 0 Å². The molecule has 0 saturated carbocycles. The number of nitrogens with one attached hydrogen (secondary N) is 1. The van der Waals surface area contributed by atoms with Crippen molar-refractivity contribution >= 4 is 38.5 Å². The summed E-state index contributed by atoms with van der Waals surface area (Å²) in [6.07, 6.45) is 1.52. The van der Waals surface area contributed by atoms with E-state index in [-0.39, 0.29) is 17.9 Å². The van der Waals surface area contributed by atoms with E-state index in [0.29, 0.717) is 44.5 Å². The normalized spacial score (nSPS) is 21.2. The van der Waals surface area contributed by atoms with Crippen molar-refractivity contribution in [2.45, 2.75) is 18.9 Å². The molecule has 0 aliphatic carbocycles. The Morgan fingerprint density at radius 3 is 2.77 bits per heavy atom. The molecule has 1 unspecified atom stereocenters. The number of anilines is 1. The van der Waals surface area contributed by atoms with Gasteiger partial charge in [-0.1, -0.05) is 23.5 Å². The molecule has 0 bridgehead atoms. The number of piperazine rings is 1. The highest BCUT2D eigenvalue weighted by molar-refractivity contribution is 7.22. The van der Waals surface area contributed by atoms with Crippen molar-refractivity contribution in [3.63, 3.8) is 0 Å². The van der Waals surface area contributed by atoms with Crippen LogP contribution in [0.1, 0.15) is 12.8 Å². The third-order valence-corrected chi connectivity index (χ3v) is 5.75. The van der Waals surface area contributed by atoms with Gasteiger partial charge in [-0.15, -0.1) is 0 Å². The van der Waals surface area contributed by atoms with Crippen molar-refractivity contribution in [1.82, 2.24) is 14.8 Å². The number of carbonyl (C=O) groups excluding carboxylic acids is 2. The summed E-state index contributed by atoms with van der Waals surface area (Å²) in [5.74, 6) is 0.0315. The molecule has 1 atom stereocenters. The van der Waals surface area contributed by atoms with Crippen molar-refractivity contribution in [2.75, 3.05) is 44.6 Å². The first-order valence-corrected chi connectivity index (χ1v) is 9.79. The topological polar surface area (TPSA) is 74.8 Å². The molecule has 2 fully saturated rings. The number of thiazole rings is 1. The molecule has 4 rings (SSSR count). The van der Waals surface area contributed by atoms with E-state index in [9.17, 15) is 9.59 Å². The number of ether oxygens (including phenoxy) is 1. The van der Waals surface area contributed by atoms with E-state index >= 15 is 0 Å². The fourth-order valence-electron chi connectivity index (χ4n) is 3.39. The van der Waals surface area contributed by atoms with Gasteiger partial charge in [-0.2, -0.15) is 0 Å². The first kappa shape index (κ1) is 17.4. The van der Waals surface area contributed by atoms with Crippen LogP contribution in [0.2, 0.25) is 0 Å². The minimum Gasteiger partial charge on any atom is -0.368 e. The molecule has 1 N–H and O–H groups in total. The van der Waals surface area contributed by atoms with Crippen LogP contribution in [0.3, 0.4) is 0 Å². The summed E-state index contributed by atoms with van der Waals surface area (Å²) in [6.45, 7) is 3.69. The van der Waals surface area contributed by atoms with E-state index in [2.05, 4.69) is 15.2 Å². The lowest BCUT2D eigenvalue weighted by molar-refractivity contribution is -0.142. The summed E-state index contributed by atoms with van der Waals surface area (Å²) >= 11 is 1.48. The Morgan fingerprint density at radius 1 is 1.23 bits per heavy atom. The van der Waals surface area contributed by atoms with E-state index < -0.39 is 0 Å². The van der Waals surface area contributed by atoms with Gasteiger partial charge in [-0.05, 0) is 25.0 Å². The third kappa shape index (κ3) is 3.87. The van der Waals surface area contributed by atoms with Crippen LogP contribution in [0.15, 0.2) is 24.3 Å². The van der Waals surface area contributed by atoms with Gasteiger partial charge in [0.1, 0.15) is 6.10 Å². The Labute approximate surface area is 155 Å². The number of carbonyl (C=O) groups is 2. The largest absolute Gasteiger partial charge is 0.368 e. The van der Waals surface area contributed by atoms with Gasteiger partial charge < -0.3 is 15.0 Å². The van der Waals surface area contributed by atoms with Gasteiger partial charge in [0.15, 0.2) is 5.13 Å². The highest BCUT2D eigenvalue weighted by atomic mass is 32.1. The van der Waals surface area contributed by atoms with Gasteiger partial charge in [-0.25, -0.2) is 4.98 Å². The number of rotatable bonds is 4. The van der Waals surface area contributed by atoms with Gasteiger partial charge in [0, 0.05) is 32.8 Å². The van der Waals surface area contributed by atoms with Gasteiger partial charge in [0.25, 0.3) is 5.91 Å². The molecular weight excluding hydrogens is 352 g/mol. The molecule has 3 heterocycles. The van der Waals surface area contributed by atoms with Gasteiger partial charge in [0.2, 0.25) is 5.91 Å². The lowest BCUT2D eigenvalue weighted by atomic mass is 10.2. The summed E-state index contributed by atoms with van der Waals surface area (Å²) in [7, 11) is 0. The van der Waals surface area contributed by atoms with Crippen LogP contribution >= 0.6 is 11.3 Å². The summed E-state index contributed by atoms with van der Waals surface area (Å²) in [5.41, 5.74) is 0.897. The number of aromatic nitrogens is 1. The molecule has 8 heteroatoms. The Kier molecular flexibility index (Phi) is 5.14. The Bertz CT molecular complexity index is 762. The zero-order valence-electron chi connectivity index (χ0n) is 14.5. The number of amides is 2. The van der Waals surface area contributed by atoms with E-state index in [1.54, 1.807) is 0 Å². The Balaban J connectivity index is 1.26. The van der Waals surface area contributed by atoms with E-state index in [4.69, 9.17) is 4.74 Å². The van der Waals surface area contributed by atoms with Crippen molar-refractivity contribution in [3.8, 4) is 0 Å². The molecule has 0 spiro atoms. The number of benzene rings is 1. The first-order chi connectivity index (χ1) is 12.7. The minimum atomic E-state index is -0.260. The number of hydrogen-bond donors (Lipinski definition) is 1. The SMILES string of the molecule is O=C(CN1CCN(C(=O)C2CCCO2)CC1)Nc1nc2ccccc2s1. The van der Waals surface area contributed by atoms with E-state index in [1.807, 2.05) is 29.2 Å². The highest BCUT2D eigenvalue weighted by Gasteiger charge is 2.30. The van der Waals surface area contributed by atoms with Crippen molar-refractivity contribution < 1.29 is 14.3 Å². The summed E-state index contributed by atoms with van der Waals surface area (Å²) in [4.78, 5) is 33.0. The summed E-state index contributed by atoms with van der Waals surface area (Å²) in [6, 6.07) is 7.83. The lowest BCUT2D eigenvalue weighted by Gasteiger charge is -2.35. The molecule has 1 aromatic carbocycles. The second-order valence-corrected chi connectivity index (χ2v) is 7.67. The van der Waals surface area contributed by atoms with Gasteiger partial charge in [0.05, 0.1) is 16.8 Å².